The normalized spacial score (nSPS) is 10.4. The Hall–Kier alpha value is -3.45. The Morgan fingerprint density at radius 1 is 1.07 bits per heavy atom. The van der Waals surface area contributed by atoms with E-state index in [9.17, 15) is 9.59 Å². The summed E-state index contributed by atoms with van der Waals surface area (Å²) in [5, 5.41) is 0. The van der Waals surface area contributed by atoms with Crippen molar-refractivity contribution in [1.82, 2.24) is 4.98 Å². The molecule has 2 N–H and O–H groups in total. The molecule has 0 amide bonds. The first kappa shape index (κ1) is 18.3. The Balaban J connectivity index is 1.58. The minimum atomic E-state index is -1.11. The molecule has 0 fully saturated rings. The largest absolute Gasteiger partial charge is 0.493 e. The molecule has 3 aromatic rings. The summed E-state index contributed by atoms with van der Waals surface area (Å²) in [6, 6.07) is 15.8. The Morgan fingerprint density at radius 3 is 2.44 bits per heavy atom. The molecule has 0 saturated heterocycles. The predicted octanol–water partition coefficient (Wildman–Crippen LogP) is 2.87. The van der Waals surface area contributed by atoms with Gasteiger partial charge in [-0.3, -0.25) is 4.79 Å². The molecule has 0 spiro atoms. The number of Topliss-reactive ketones (excluding diaryl/α,β-unsaturated/α-hetero) is 1. The highest BCUT2D eigenvalue weighted by molar-refractivity contribution is 6.40. The van der Waals surface area contributed by atoms with Crippen LogP contribution in [0.2, 0.25) is 0 Å². The van der Waals surface area contributed by atoms with Crippen molar-refractivity contribution in [3.05, 3.63) is 71.6 Å². The van der Waals surface area contributed by atoms with Crippen molar-refractivity contribution in [2.75, 3.05) is 6.61 Å². The van der Waals surface area contributed by atoms with Crippen molar-refractivity contribution in [2.24, 2.45) is 5.90 Å². The fourth-order valence-corrected chi connectivity index (χ4v) is 2.50. The SMILES string of the molecule is Cc1oc(-c2ccccc2)nc1CCOc1ccc(C(=O)C(=O)ON)cc1. The lowest BCUT2D eigenvalue weighted by atomic mass is 10.1. The second kappa shape index (κ2) is 8.29. The standard InChI is InChI=1S/C20H18N2O5/c1-13-17(22-19(26-13)15-5-3-2-4-6-15)11-12-25-16-9-7-14(8-10-16)18(23)20(24)27-21/h2-10H,11-12,21H2,1H3. The Bertz CT molecular complexity index is 933. The van der Waals surface area contributed by atoms with E-state index in [0.717, 1.165) is 17.0 Å². The van der Waals surface area contributed by atoms with Crippen LogP contribution >= 0.6 is 0 Å². The number of benzene rings is 2. The average Bonchev–Trinajstić information content (AvgIpc) is 3.08. The molecular weight excluding hydrogens is 348 g/mol. The predicted molar refractivity (Wildman–Crippen MR) is 96.9 cm³/mol. The van der Waals surface area contributed by atoms with Gasteiger partial charge in [-0.1, -0.05) is 18.2 Å². The third kappa shape index (κ3) is 4.39. The van der Waals surface area contributed by atoms with E-state index in [0.29, 0.717) is 24.7 Å². The molecule has 7 nitrogen and oxygen atoms in total. The fourth-order valence-electron chi connectivity index (χ4n) is 2.50. The summed E-state index contributed by atoms with van der Waals surface area (Å²) in [7, 11) is 0. The minimum Gasteiger partial charge on any atom is -0.493 e. The van der Waals surface area contributed by atoms with Crippen LogP contribution < -0.4 is 10.6 Å². The molecule has 0 aliphatic rings. The average molecular weight is 366 g/mol. The van der Waals surface area contributed by atoms with Gasteiger partial charge in [-0.15, -0.1) is 0 Å². The number of aromatic nitrogens is 1. The summed E-state index contributed by atoms with van der Waals surface area (Å²) >= 11 is 0. The third-order valence-electron chi connectivity index (χ3n) is 3.93. The lowest BCUT2D eigenvalue weighted by Crippen LogP contribution is -2.20. The van der Waals surface area contributed by atoms with Crippen LogP contribution in [-0.2, 0) is 16.1 Å². The molecule has 1 heterocycles. The van der Waals surface area contributed by atoms with Gasteiger partial charge in [0.2, 0.25) is 5.89 Å². The first-order valence-electron chi connectivity index (χ1n) is 8.28. The monoisotopic (exact) mass is 366 g/mol. The zero-order valence-corrected chi connectivity index (χ0v) is 14.7. The molecule has 0 atom stereocenters. The summed E-state index contributed by atoms with van der Waals surface area (Å²) in [5.74, 6) is 4.68. The summed E-state index contributed by atoms with van der Waals surface area (Å²) in [6.45, 7) is 2.26. The molecule has 0 aliphatic heterocycles. The molecule has 7 heteroatoms. The van der Waals surface area contributed by atoms with Crippen molar-refractivity contribution >= 4 is 11.8 Å². The van der Waals surface area contributed by atoms with Crippen LogP contribution in [0.15, 0.2) is 59.0 Å². The maximum atomic E-state index is 11.6. The first-order valence-corrected chi connectivity index (χ1v) is 8.28. The van der Waals surface area contributed by atoms with E-state index < -0.39 is 11.8 Å². The quantitative estimate of drug-likeness (QED) is 0.389. The summed E-state index contributed by atoms with van der Waals surface area (Å²) in [4.78, 5) is 31.2. The van der Waals surface area contributed by atoms with E-state index in [-0.39, 0.29) is 5.56 Å². The van der Waals surface area contributed by atoms with Crippen LogP contribution in [0.25, 0.3) is 11.5 Å². The molecule has 0 unspecified atom stereocenters. The highest BCUT2D eigenvalue weighted by Crippen LogP contribution is 2.22. The van der Waals surface area contributed by atoms with Gasteiger partial charge < -0.3 is 14.0 Å². The van der Waals surface area contributed by atoms with E-state index in [1.54, 1.807) is 12.1 Å². The number of hydrogen-bond donors (Lipinski definition) is 1. The number of carbonyl (C=O) groups excluding carboxylic acids is 2. The number of nitrogens with two attached hydrogens (primary N) is 1. The van der Waals surface area contributed by atoms with Gasteiger partial charge in [0, 0.05) is 17.5 Å². The van der Waals surface area contributed by atoms with E-state index in [1.165, 1.54) is 12.1 Å². The van der Waals surface area contributed by atoms with Crippen molar-refractivity contribution < 1.29 is 23.6 Å². The van der Waals surface area contributed by atoms with Crippen molar-refractivity contribution in [3.63, 3.8) is 0 Å². The fraction of sp³-hybridized carbons (Fsp3) is 0.150. The first-order chi connectivity index (χ1) is 13.1. The Morgan fingerprint density at radius 2 is 1.78 bits per heavy atom. The maximum absolute atomic E-state index is 11.6. The van der Waals surface area contributed by atoms with Crippen LogP contribution in [-0.4, -0.2) is 23.3 Å². The highest BCUT2D eigenvalue weighted by atomic mass is 16.7. The van der Waals surface area contributed by atoms with Gasteiger partial charge in [0.05, 0.1) is 12.3 Å². The van der Waals surface area contributed by atoms with Crippen LogP contribution in [0, 0.1) is 6.92 Å². The van der Waals surface area contributed by atoms with Crippen LogP contribution in [0.3, 0.4) is 0 Å². The summed E-state index contributed by atoms with van der Waals surface area (Å²) in [6.07, 6.45) is 0.572. The maximum Gasteiger partial charge on any atom is 0.398 e. The lowest BCUT2D eigenvalue weighted by molar-refractivity contribution is -0.138. The zero-order valence-electron chi connectivity index (χ0n) is 14.7. The highest BCUT2D eigenvalue weighted by Gasteiger charge is 2.17. The number of ether oxygens (including phenoxy) is 1. The molecule has 0 aliphatic carbocycles. The van der Waals surface area contributed by atoms with E-state index in [2.05, 4.69) is 9.82 Å². The molecule has 2 aromatic carbocycles. The molecule has 0 radical (unpaired) electrons. The molecular formula is C20H18N2O5. The van der Waals surface area contributed by atoms with Gasteiger partial charge in [-0.2, -0.15) is 5.90 Å². The third-order valence-corrected chi connectivity index (χ3v) is 3.93. The number of ketones is 1. The van der Waals surface area contributed by atoms with Gasteiger partial charge in [-0.25, -0.2) is 9.78 Å². The topological polar surface area (TPSA) is 105 Å². The van der Waals surface area contributed by atoms with E-state index >= 15 is 0 Å². The molecule has 0 saturated carbocycles. The zero-order chi connectivity index (χ0) is 19.2. The number of oxazole rings is 1. The van der Waals surface area contributed by atoms with Gasteiger partial charge in [-0.05, 0) is 43.3 Å². The molecule has 0 bridgehead atoms. The van der Waals surface area contributed by atoms with Gasteiger partial charge in [0.25, 0.3) is 5.78 Å². The molecule has 3 rings (SSSR count). The summed E-state index contributed by atoms with van der Waals surface area (Å²) in [5.41, 5.74) is 1.92. The number of nitrogens with zero attached hydrogens (tertiary/aromatic N) is 1. The molecule has 138 valence electrons. The minimum absolute atomic E-state index is 0.178. The van der Waals surface area contributed by atoms with Crippen molar-refractivity contribution in [3.8, 4) is 17.2 Å². The summed E-state index contributed by atoms with van der Waals surface area (Å²) < 4.78 is 11.4. The van der Waals surface area contributed by atoms with Gasteiger partial charge >= 0.3 is 5.97 Å². The van der Waals surface area contributed by atoms with Crippen molar-refractivity contribution in [1.29, 1.82) is 0 Å². The van der Waals surface area contributed by atoms with E-state index in [1.807, 2.05) is 37.3 Å². The Labute approximate surface area is 155 Å². The van der Waals surface area contributed by atoms with Gasteiger partial charge in [0.1, 0.15) is 11.5 Å². The number of rotatable bonds is 7. The van der Waals surface area contributed by atoms with Crippen LogP contribution in [0.4, 0.5) is 0 Å². The van der Waals surface area contributed by atoms with Crippen LogP contribution in [0.5, 0.6) is 5.75 Å². The number of hydrogen-bond acceptors (Lipinski definition) is 7. The Kier molecular flexibility index (Phi) is 5.63. The number of aryl methyl sites for hydroxylation is 1. The lowest BCUT2D eigenvalue weighted by Gasteiger charge is -2.06. The second-order valence-corrected chi connectivity index (χ2v) is 5.75. The van der Waals surface area contributed by atoms with Crippen LogP contribution in [0.1, 0.15) is 21.8 Å². The van der Waals surface area contributed by atoms with Gasteiger partial charge in [0.15, 0.2) is 0 Å². The molecule has 27 heavy (non-hydrogen) atoms. The molecule has 1 aromatic heterocycles. The second-order valence-electron chi connectivity index (χ2n) is 5.75. The smallest absolute Gasteiger partial charge is 0.398 e. The van der Waals surface area contributed by atoms with Crippen molar-refractivity contribution in [2.45, 2.75) is 13.3 Å². The van der Waals surface area contributed by atoms with E-state index in [4.69, 9.17) is 15.1 Å². The number of carbonyl (C=O) groups is 2.